The molecule has 7 heteroatoms. The number of benzene rings is 1. The van der Waals surface area contributed by atoms with Crippen molar-refractivity contribution >= 4 is 17.8 Å². The molecule has 0 saturated heterocycles. The Bertz CT molecular complexity index is 1070. The molecule has 1 aliphatic carbocycles. The van der Waals surface area contributed by atoms with Crippen molar-refractivity contribution in [1.82, 2.24) is 9.13 Å². The topological polar surface area (TPSA) is 98.4 Å². The summed E-state index contributed by atoms with van der Waals surface area (Å²) in [6, 6.07) is 4.47. The van der Waals surface area contributed by atoms with Gasteiger partial charge in [0.2, 0.25) is 0 Å². The molecule has 1 aromatic heterocycles. The van der Waals surface area contributed by atoms with E-state index in [4.69, 9.17) is 5.11 Å². The lowest BCUT2D eigenvalue weighted by Gasteiger charge is -2.07. The summed E-state index contributed by atoms with van der Waals surface area (Å²) in [6.45, 7) is 0. The van der Waals surface area contributed by atoms with Crippen LogP contribution in [0.1, 0.15) is 44.7 Å². The van der Waals surface area contributed by atoms with E-state index < -0.39 is 17.2 Å². The number of carboxylic acid groups (broad SMARTS) is 1. The average molecular weight is 354 g/mol. The fourth-order valence-electron chi connectivity index (χ4n) is 3.17. The molecule has 0 bridgehead atoms. The minimum atomic E-state index is -1.03. The first-order valence-electron chi connectivity index (χ1n) is 8.17. The van der Waals surface area contributed by atoms with Crippen LogP contribution in [0.2, 0.25) is 0 Å². The lowest BCUT2D eigenvalue weighted by atomic mass is 9.97. The maximum absolute atomic E-state index is 12.9. The van der Waals surface area contributed by atoms with E-state index >= 15 is 0 Å². The first-order valence-corrected chi connectivity index (χ1v) is 8.17. The highest BCUT2D eigenvalue weighted by Crippen LogP contribution is 2.26. The van der Waals surface area contributed by atoms with Crippen molar-refractivity contribution in [3.8, 4) is 0 Å². The van der Waals surface area contributed by atoms with Crippen LogP contribution in [0, 0.1) is 0 Å². The maximum atomic E-state index is 12.9. The van der Waals surface area contributed by atoms with Gasteiger partial charge in [0, 0.05) is 31.4 Å². The van der Waals surface area contributed by atoms with Crippen LogP contribution >= 0.6 is 0 Å². The van der Waals surface area contributed by atoms with Gasteiger partial charge in [0.15, 0.2) is 5.78 Å². The summed E-state index contributed by atoms with van der Waals surface area (Å²) < 4.78 is 2.29. The average Bonchev–Trinajstić information content (AvgIpc) is 2.76. The van der Waals surface area contributed by atoms with Crippen LogP contribution in [0.25, 0.3) is 6.08 Å². The van der Waals surface area contributed by atoms with E-state index in [0.717, 1.165) is 4.57 Å². The van der Waals surface area contributed by atoms with Crippen LogP contribution in [0.3, 0.4) is 0 Å². The van der Waals surface area contributed by atoms with Crippen LogP contribution in [-0.4, -0.2) is 26.0 Å². The SMILES string of the molecule is Cn1cc(/C=C2/CCCc3cc(C(=O)O)ccc3C2=O)c(=O)n(C)c1=O. The number of carbonyl (C=O) groups excluding carboxylic acids is 1. The summed E-state index contributed by atoms with van der Waals surface area (Å²) in [4.78, 5) is 48.1. The van der Waals surface area contributed by atoms with Crippen molar-refractivity contribution in [3.05, 3.63) is 73.1 Å². The first-order chi connectivity index (χ1) is 12.3. The van der Waals surface area contributed by atoms with Crippen LogP contribution in [-0.2, 0) is 20.5 Å². The van der Waals surface area contributed by atoms with Gasteiger partial charge in [0.1, 0.15) is 0 Å². The molecule has 0 spiro atoms. The second-order valence-corrected chi connectivity index (χ2v) is 6.37. The number of allylic oxidation sites excluding steroid dienone is 1. The lowest BCUT2D eigenvalue weighted by molar-refractivity contribution is 0.0696. The van der Waals surface area contributed by atoms with Crippen molar-refractivity contribution in [2.45, 2.75) is 19.3 Å². The third-order valence-electron chi connectivity index (χ3n) is 4.58. The molecule has 26 heavy (non-hydrogen) atoms. The van der Waals surface area contributed by atoms with Gasteiger partial charge in [-0.05, 0) is 49.1 Å². The Morgan fingerprint density at radius 1 is 1.15 bits per heavy atom. The van der Waals surface area contributed by atoms with Gasteiger partial charge >= 0.3 is 11.7 Å². The molecule has 2 aromatic rings. The zero-order chi connectivity index (χ0) is 19.0. The minimum Gasteiger partial charge on any atom is -0.478 e. The Kier molecular flexibility index (Phi) is 4.46. The highest BCUT2D eigenvalue weighted by Gasteiger charge is 2.22. The summed E-state index contributed by atoms with van der Waals surface area (Å²) in [7, 11) is 2.94. The normalized spacial score (nSPS) is 15.6. The highest BCUT2D eigenvalue weighted by molar-refractivity contribution is 6.12. The number of aromatic carboxylic acids is 1. The third-order valence-corrected chi connectivity index (χ3v) is 4.58. The van der Waals surface area contributed by atoms with E-state index in [1.54, 1.807) is 7.05 Å². The molecular weight excluding hydrogens is 336 g/mol. The third kappa shape index (κ3) is 3.03. The molecule has 0 fully saturated rings. The largest absolute Gasteiger partial charge is 0.478 e. The number of hydrogen-bond donors (Lipinski definition) is 1. The van der Waals surface area contributed by atoms with Gasteiger partial charge in [0.25, 0.3) is 5.56 Å². The number of nitrogens with zero attached hydrogens (tertiary/aromatic N) is 2. The van der Waals surface area contributed by atoms with E-state index in [1.165, 1.54) is 42.1 Å². The highest BCUT2D eigenvalue weighted by atomic mass is 16.4. The Morgan fingerprint density at radius 2 is 1.88 bits per heavy atom. The molecule has 0 radical (unpaired) electrons. The smallest absolute Gasteiger partial charge is 0.335 e. The molecule has 0 saturated carbocycles. The second kappa shape index (κ2) is 6.59. The second-order valence-electron chi connectivity index (χ2n) is 6.37. The number of carbonyl (C=O) groups is 2. The van der Waals surface area contributed by atoms with Crippen LogP contribution in [0.5, 0.6) is 0 Å². The first kappa shape index (κ1) is 17.6. The molecule has 134 valence electrons. The van der Waals surface area contributed by atoms with Gasteiger partial charge in [0.05, 0.1) is 11.1 Å². The van der Waals surface area contributed by atoms with Gasteiger partial charge in [-0.1, -0.05) is 0 Å². The fraction of sp³-hybridized carbons (Fsp3) is 0.263. The van der Waals surface area contributed by atoms with Crippen molar-refractivity contribution in [2.75, 3.05) is 0 Å². The molecule has 1 N–H and O–H groups in total. The van der Waals surface area contributed by atoms with E-state index in [1.807, 2.05) is 0 Å². The number of rotatable bonds is 2. The minimum absolute atomic E-state index is 0.149. The quantitative estimate of drug-likeness (QED) is 0.649. The Labute approximate surface area is 148 Å². The summed E-state index contributed by atoms with van der Waals surface area (Å²) in [5.74, 6) is -1.25. The van der Waals surface area contributed by atoms with Crippen molar-refractivity contribution in [1.29, 1.82) is 0 Å². The van der Waals surface area contributed by atoms with E-state index in [-0.39, 0.29) is 16.9 Å². The molecule has 1 aromatic carbocycles. The number of aromatic nitrogens is 2. The zero-order valence-corrected chi connectivity index (χ0v) is 14.5. The van der Waals surface area contributed by atoms with Crippen molar-refractivity contribution in [2.24, 2.45) is 14.1 Å². The molecule has 1 heterocycles. The predicted octanol–water partition coefficient (Wildman–Crippen LogP) is 1.38. The van der Waals surface area contributed by atoms with E-state index in [2.05, 4.69) is 0 Å². The Morgan fingerprint density at radius 3 is 2.58 bits per heavy atom. The van der Waals surface area contributed by atoms with E-state index in [9.17, 15) is 19.2 Å². The molecule has 3 rings (SSSR count). The molecule has 0 atom stereocenters. The van der Waals surface area contributed by atoms with Gasteiger partial charge in [-0.15, -0.1) is 0 Å². The predicted molar refractivity (Wildman–Crippen MR) is 95.6 cm³/mol. The lowest BCUT2D eigenvalue weighted by Crippen LogP contribution is -2.37. The number of carboxylic acids is 1. The van der Waals surface area contributed by atoms with Crippen LogP contribution in [0.15, 0.2) is 39.6 Å². The maximum Gasteiger partial charge on any atom is 0.335 e. The Hall–Kier alpha value is -3.22. The molecule has 1 aliphatic rings. The van der Waals surface area contributed by atoms with Gasteiger partial charge in [-0.25, -0.2) is 9.59 Å². The fourth-order valence-corrected chi connectivity index (χ4v) is 3.17. The van der Waals surface area contributed by atoms with Gasteiger partial charge < -0.3 is 9.67 Å². The number of ketones is 1. The van der Waals surface area contributed by atoms with Crippen molar-refractivity contribution < 1.29 is 14.7 Å². The number of Topliss-reactive ketones (excluding diaryl/α,β-unsaturated/α-hetero) is 1. The van der Waals surface area contributed by atoms with Gasteiger partial charge in [-0.3, -0.25) is 14.2 Å². The zero-order valence-electron chi connectivity index (χ0n) is 14.5. The number of fused-ring (bicyclic) bond motifs is 1. The van der Waals surface area contributed by atoms with Crippen molar-refractivity contribution in [3.63, 3.8) is 0 Å². The standard InChI is InChI=1S/C19H18N2O5/c1-20-10-14(17(23)21(2)19(20)26)9-12-5-3-4-11-8-13(18(24)25)6-7-15(11)16(12)22/h6-10H,3-5H2,1-2H3,(H,24,25)/b12-9-. The molecular formula is C19H18N2O5. The molecule has 0 aliphatic heterocycles. The van der Waals surface area contributed by atoms with Crippen LogP contribution < -0.4 is 11.2 Å². The summed E-state index contributed by atoms with van der Waals surface area (Å²) in [5.41, 5.74) is 1.16. The molecule has 0 unspecified atom stereocenters. The summed E-state index contributed by atoms with van der Waals surface area (Å²) in [6.07, 6.45) is 4.68. The monoisotopic (exact) mass is 354 g/mol. The Balaban J connectivity index is 2.09. The summed E-state index contributed by atoms with van der Waals surface area (Å²) in [5, 5.41) is 9.11. The molecule has 7 nitrogen and oxygen atoms in total. The number of aryl methyl sites for hydroxylation is 2. The van der Waals surface area contributed by atoms with Crippen LogP contribution in [0.4, 0.5) is 0 Å². The molecule has 0 amide bonds. The van der Waals surface area contributed by atoms with E-state index in [0.29, 0.717) is 36.0 Å². The number of hydrogen-bond acceptors (Lipinski definition) is 4. The van der Waals surface area contributed by atoms with Gasteiger partial charge in [-0.2, -0.15) is 0 Å². The summed E-state index contributed by atoms with van der Waals surface area (Å²) >= 11 is 0.